The third-order valence-corrected chi connectivity index (χ3v) is 4.92. The van der Waals surface area contributed by atoms with E-state index in [1.54, 1.807) is 0 Å². The van der Waals surface area contributed by atoms with Crippen LogP contribution in [0.4, 0.5) is 0 Å². The minimum atomic E-state index is -0.234. The molecule has 0 radical (unpaired) electrons. The van der Waals surface area contributed by atoms with Gasteiger partial charge in [-0.1, -0.05) is 6.07 Å². The highest BCUT2D eigenvalue weighted by molar-refractivity contribution is 5.83. The molecule has 1 aromatic heterocycles. The molecule has 6 nitrogen and oxygen atoms in total. The van der Waals surface area contributed by atoms with E-state index in [2.05, 4.69) is 21.1 Å². The molecule has 1 N–H and O–H groups in total. The molecule has 1 amide bonds. The number of nitrogens with zero attached hydrogens (tertiary/aromatic N) is 2. The van der Waals surface area contributed by atoms with Gasteiger partial charge >= 0.3 is 0 Å². The fourth-order valence-corrected chi connectivity index (χ4v) is 3.51. The first-order valence-electron chi connectivity index (χ1n) is 8.83. The van der Waals surface area contributed by atoms with Gasteiger partial charge in [0.05, 0.1) is 11.6 Å². The van der Waals surface area contributed by atoms with Crippen LogP contribution in [0, 0.1) is 6.92 Å². The normalized spacial score (nSPS) is 19.8. The van der Waals surface area contributed by atoms with E-state index in [1.165, 1.54) is 0 Å². The van der Waals surface area contributed by atoms with Crippen molar-refractivity contribution in [3.8, 4) is 11.5 Å². The quantitative estimate of drug-likeness (QED) is 0.929. The van der Waals surface area contributed by atoms with E-state index in [9.17, 15) is 4.79 Å². The standard InChI is InChI=1S/C19H23N3O3/c1-12-10-22-11-15(4-6-18(22)20-12)21-19(23)13(2)14-3-5-16-17(9-14)25-8-7-24-16/h3,5,9-10,13,15H,4,6-8,11H2,1-2H3,(H,21,23)/t13-,15-/m1/s1. The Morgan fingerprint density at radius 3 is 2.96 bits per heavy atom. The zero-order chi connectivity index (χ0) is 17.4. The highest BCUT2D eigenvalue weighted by atomic mass is 16.6. The van der Waals surface area contributed by atoms with Crippen LogP contribution >= 0.6 is 0 Å². The highest BCUT2D eigenvalue weighted by Crippen LogP contribution is 2.33. The lowest BCUT2D eigenvalue weighted by molar-refractivity contribution is -0.123. The molecule has 2 aliphatic rings. The summed E-state index contributed by atoms with van der Waals surface area (Å²) in [4.78, 5) is 17.2. The maximum Gasteiger partial charge on any atom is 0.227 e. The lowest BCUT2D eigenvalue weighted by Crippen LogP contribution is -2.42. The van der Waals surface area contributed by atoms with Crippen LogP contribution in [0.5, 0.6) is 11.5 Å². The van der Waals surface area contributed by atoms with Gasteiger partial charge in [-0.2, -0.15) is 0 Å². The van der Waals surface area contributed by atoms with Gasteiger partial charge in [-0.3, -0.25) is 4.79 Å². The van der Waals surface area contributed by atoms with Gasteiger partial charge in [0, 0.05) is 25.2 Å². The molecule has 25 heavy (non-hydrogen) atoms. The van der Waals surface area contributed by atoms with E-state index in [4.69, 9.17) is 9.47 Å². The molecule has 2 aliphatic heterocycles. The molecule has 2 aromatic rings. The van der Waals surface area contributed by atoms with Gasteiger partial charge in [-0.05, 0) is 38.0 Å². The molecule has 0 saturated heterocycles. The van der Waals surface area contributed by atoms with Gasteiger partial charge in [0.15, 0.2) is 11.5 Å². The van der Waals surface area contributed by atoms with Crippen molar-refractivity contribution in [3.05, 3.63) is 41.5 Å². The van der Waals surface area contributed by atoms with Crippen molar-refractivity contribution < 1.29 is 14.3 Å². The lowest BCUT2D eigenvalue weighted by Gasteiger charge is -2.26. The molecule has 0 saturated carbocycles. The van der Waals surface area contributed by atoms with Gasteiger partial charge in [-0.15, -0.1) is 0 Å². The summed E-state index contributed by atoms with van der Waals surface area (Å²) in [6.45, 7) is 5.83. The molecule has 0 spiro atoms. The van der Waals surface area contributed by atoms with Gasteiger partial charge in [0.25, 0.3) is 0 Å². The second-order valence-corrected chi connectivity index (χ2v) is 6.82. The second-order valence-electron chi connectivity index (χ2n) is 6.82. The predicted octanol–water partition coefficient (Wildman–Crippen LogP) is 2.20. The Morgan fingerprint density at radius 2 is 2.12 bits per heavy atom. The summed E-state index contributed by atoms with van der Waals surface area (Å²) in [6.07, 6.45) is 3.88. The molecule has 0 unspecified atom stereocenters. The van der Waals surface area contributed by atoms with Crippen LogP contribution in [-0.4, -0.2) is 34.7 Å². The van der Waals surface area contributed by atoms with Crippen LogP contribution in [0.25, 0.3) is 0 Å². The summed E-state index contributed by atoms with van der Waals surface area (Å²) >= 11 is 0. The van der Waals surface area contributed by atoms with E-state index in [0.29, 0.717) is 13.2 Å². The Hall–Kier alpha value is -2.50. The first-order chi connectivity index (χ1) is 12.1. The first-order valence-corrected chi connectivity index (χ1v) is 8.83. The summed E-state index contributed by atoms with van der Waals surface area (Å²) in [7, 11) is 0. The monoisotopic (exact) mass is 341 g/mol. The molecule has 3 heterocycles. The van der Waals surface area contributed by atoms with Crippen LogP contribution in [-0.2, 0) is 17.8 Å². The van der Waals surface area contributed by atoms with Crippen LogP contribution < -0.4 is 14.8 Å². The van der Waals surface area contributed by atoms with Crippen molar-refractivity contribution in [3.63, 3.8) is 0 Å². The fourth-order valence-electron chi connectivity index (χ4n) is 3.51. The van der Waals surface area contributed by atoms with E-state index in [0.717, 1.165) is 48.0 Å². The predicted molar refractivity (Wildman–Crippen MR) is 93.1 cm³/mol. The average Bonchev–Trinajstić information content (AvgIpc) is 3.00. The summed E-state index contributed by atoms with van der Waals surface area (Å²) in [5.41, 5.74) is 1.98. The number of carbonyl (C=O) groups is 1. The third kappa shape index (κ3) is 3.21. The molecule has 0 bridgehead atoms. The van der Waals surface area contributed by atoms with Crippen molar-refractivity contribution in [2.75, 3.05) is 13.2 Å². The molecule has 2 atom stereocenters. The minimum Gasteiger partial charge on any atom is -0.486 e. The number of rotatable bonds is 3. The number of fused-ring (bicyclic) bond motifs is 2. The van der Waals surface area contributed by atoms with E-state index in [1.807, 2.05) is 32.0 Å². The number of ether oxygens (including phenoxy) is 2. The molecule has 4 rings (SSSR count). The van der Waals surface area contributed by atoms with Crippen molar-refractivity contribution >= 4 is 5.91 Å². The topological polar surface area (TPSA) is 65.4 Å². The number of carbonyl (C=O) groups excluding carboxylic acids is 1. The maximum atomic E-state index is 12.7. The summed E-state index contributed by atoms with van der Waals surface area (Å²) in [5, 5.41) is 3.19. The number of imidazole rings is 1. The first kappa shape index (κ1) is 16.0. The molecular weight excluding hydrogens is 318 g/mol. The molecule has 0 aliphatic carbocycles. The Bertz CT molecular complexity index is 799. The van der Waals surface area contributed by atoms with Crippen LogP contribution in [0.15, 0.2) is 24.4 Å². The third-order valence-electron chi connectivity index (χ3n) is 4.92. The number of hydrogen-bond donors (Lipinski definition) is 1. The number of aromatic nitrogens is 2. The number of hydrogen-bond acceptors (Lipinski definition) is 4. The summed E-state index contributed by atoms with van der Waals surface area (Å²) in [6, 6.07) is 5.88. The minimum absolute atomic E-state index is 0.0435. The smallest absolute Gasteiger partial charge is 0.227 e. The molecular formula is C19H23N3O3. The molecule has 6 heteroatoms. The number of nitrogens with one attached hydrogen (secondary N) is 1. The van der Waals surface area contributed by atoms with Crippen molar-refractivity contribution in [2.24, 2.45) is 0 Å². The van der Waals surface area contributed by atoms with Gasteiger partial charge in [0.1, 0.15) is 19.0 Å². The fraction of sp³-hybridized carbons (Fsp3) is 0.474. The number of amides is 1. The van der Waals surface area contributed by atoms with E-state index >= 15 is 0 Å². The second kappa shape index (κ2) is 6.43. The Labute approximate surface area is 147 Å². The van der Waals surface area contributed by atoms with Crippen molar-refractivity contribution in [2.45, 2.75) is 45.2 Å². The summed E-state index contributed by atoms with van der Waals surface area (Å²) < 4.78 is 13.3. The van der Waals surface area contributed by atoms with E-state index < -0.39 is 0 Å². The average molecular weight is 341 g/mol. The van der Waals surface area contributed by atoms with Gasteiger partial charge in [-0.25, -0.2) is 4.98 Å². The van der Waals surface area contributed by atoms with Crippen molar-refractivity contribution in [1.29, 1.82) is 0 Å². The SMILES string of the molecule is Cc1cn2c(n1)CC[C@@H](NC(=O)[C@H](C)c1ccc3c(c1)OCCO3)C2. The molecule has 132 valence electrons. The highest BCUT2D eigenvalue weighted by Gasteiger charge is 2.25. The molecule has 0 fully saturated rings. The largest absolute Gasteiger partial charge is 0.486 e. The Kier molecular flexibility index (Phi) is 4.11. The number of aryl methyl sites for hydroxylation is 2. The molecule has 1 aromatic carbocycles. The summed E-state index contributed by atoms with van der Waals surface area (Å²) in [5.74, 6) is 2.39. The zero-order valence-electron chi connectivity index (χ0n) is 14.6. The van der Waals surface area contributed by atoms with Crippen LogP contribution in [0.3, 0.4) is 0 Å². The van der Waals surface area contributed by atoms with Crippen molar-refractivity contribution in [1.82, 2.24) is 14.9 Å². The van der Waals surface area contributed by atoms with Gasteiger partial charge in [0.2, 0.25) is 5.91 Å². The maximum absolute atomic E-state index is 12.7. The Morgan fingerprint density at radius 1 is 1.32 bits per heavy atom. The van der Waals surface area contributed by atoms with Gasteiger partial charge < -0.3 is 19.4 Å². The Balaban J connectivity index is 1.42. The van der Waals surface area contributed by atoms with E-state index in [-0.39, 0.29) is 17.9 Å². The number of benzene rings is 1. The van der Waals surface area contributed by atoms with Crippen LogP contribution in [0.1, 0.15) is 36.3 Å². The zero-order valence-corrected chi connectivity index (χ0v) is 14.6. The van der Waals surface area contributed by atoms with Crippen LogP contribution in [0.2, 0.25) is 0 Å². The lowest BCUT2D eigenvalue weighted by atomic mass is 9.98.